The van der Waals surface area contributed by atoms with Gasteiger partial charge in [-0.05, 0) is 124 Å². The number of amides is 1. The number of carboxylic acids is 1. The van der Waals surface area contributed by atoms with Crippen molar-refractivity contribution in [3.63, 3.8) is 0 Å². The first-order chi connectivity index (χ1) is 36.0. The Hall–Kier alpha value is -4.78. The van der Waals surface area contributed by atoms with Gasteiger partial charge >= 0.3 is 5.97 Å². The molecule has 0 aliphatic heterocycles. The molecule has 0 atom stereocenters. The van der Waals surface area contributed by atoms with Crippen LogP contribution in [0, 0.1) is 10.8 Å². The van der Waals surface area contributed by atoms with E-state index in [0.717, 1.165) is 12.8 Å². The maximum absolute atomic E-state index is 10.4. The number of allylic oxidation sites excluding steroid dienone is 2. The number of carbonyl (C=O) groups excluding carboxylic acids is 1. The monoisotopic (exact) mass is 1050 g/mol. The van der Waals surface area contributed by atoms with E-state index in [4.69, 9.17) is 5.11 Å². The number of hydrogen-bond acceptors (Lipinski definition) is 4. The second-order valence-corrected chi connectivity index (χ2v) is 18.7. The van der Waals surface area contributed by atoms with E-state index in [-0.39, 0.29) is 34.2 Å². The fourth-order valence-corrected chi connectivity index (χ4v) is 7.96. The molecule has 0 radical (unpaired) electrons. The SMILES string of the molecule is CC.CC.CC.CC.CC.CC.CC.CC.CCC(=O)N(C)C.CCC(=O)O.CN(C)C(C)(C)C(C)(C)C1=C(c2ccccc2)Cc2ccccc21.CN(C)C(C)(C)C(C)(C)C1=C(c2ccccc2)Cc2ccccc21. The van der Waals surface area contributed by atoms with E-state index in [1.165, 1.54) is 55.7 Å². The molecule has 0 fully saturated rings. The number of hydrogen-bond donors (Lipinski definition) is 1. The highest BCUT2D eigenvalue weighted by Gasteiger charge is 2.46. The third kappa shape index (κ3) is 24.3. The Labute approximate surface area is 473 Å². The van der Waals surface area contributed by atoms with E-state index in [2.05, 4.69) is 203 Å². The predicted octanol–water partition coefficient (Wildman–Crippen LogP) is 20.2. The number of fused-ring (bicyclic) bond motifs is 2. The van der Waals surface area contributed by atoms with Gasteiger partial charge in [0.15, 0.2) is 0 Å². The van der Waals surface area contributed by atoms with Crippen LogP contribution in [0.5, 0.6) is 0 Å². The molecule has 0 spiro atoms. The molecule has 4 aromatic carbocycles. The van der Waals surface area contributed by atoms with Crippen LogP contribution in [0.1, 0.15) is 226 Å². The minimum Gasteiger partial charge on any atom is -0.481 e. The predicted molar refractivity (Wildman–Crippen MR) is 348 cm³/mol. The third-order valence-electron chi connectivity index (χ3n) is 13.8. The van der Waals surface area contributed by atoms with Gasteiger partial charge in [0.2, 0.25) is 5.91 Å². The van der Waals surface area contributed by atoms with Gasteiger partial charge in [0, 0.05) is 48.8 Å². The lowest BCUT2D eigenvalue weighted by Crippen LogP contribution is -2.51. The van der Waals surface area contributed by atoms with Gasteiger partial charge in [0.05, 0.1) is 0 Å². The molecular formula is C70H123N3O3. The molecule has 0 heterocycles. The lowest BCUT2D eigenvalue weighted by molar-refractivity contribution is -0.136. The number of nitrogens with zero attached hydrogens (tertiary/aromatic N) is 3. The molecule has 0 aromatic heterocycles. The number of aliphatic carboxylic acids is 1. The zero-order valence-corrected chi connectivity index (χ0v) is 55.8. The van der Waals surface area contributed by atoms with Crippen molar-refractivity contribution in [2.75, 3.05) is 42.3 Å². The first-order valence-electron chi connectivity index (χ1n) is 29.5. The van der Waals surface area contributed by atoms with E-state index >= 15 is 0 Å². The minimum atomic E-state index is -0.745. The van der Waals surface area contributed by atoms with Crippen molar-refractivity contribution in [3.05, 3.63) is 143 Å². The summed E-state index contributed by atoms with van der Waals surface area (Å²) in [4.78, 5) is 26.1. The molecule has 0 unspecified atom stereocenters. The van der Waals surface area contributed by atoms with E-state index < -0.39 is 5.97 Å². The minimum absolute atomic E-state index is 0.0221. The van der Waals surface area contributed by atoms with Crippen molar-refractivity contribution in [3.8, 4) is 0 Å². The average Bonchev–Trinajstić information content (AvgIpc) is 4.07. The van der Waals surface area contributed by atoms with Gasteiger partial charge in [0.25, 0.3) is 0 Å². The molecule has 1 N–H and O–H groups in total. The van der Waals surface area contributed by atoms with Crippen molar-refractivity contribution >= 4 is 34.2 Å². The van der Waals surface area contributed by atoms with E-state index in [0.29, 0.717) is 6.42 Å². The number of carbonyl (C=O) groups is 2. The van der Waals surface area contributed by atoms with Gasteiger partial charge in [0.1, 0.15) is 0 Å². The van der Waals surface area contributed by atoms with Crippen LogP contribution in [-0.4, -0.2) is 85.0 Å². The first-order valence-corrected chi connectivity index (χ1v) is 29.5. The van der Waals surface area contributed by atoms with E-state index in [9.17, 15) is 9.59 Å². The lowest BCUT2D eigenvalue weighted by Gasteiger charge is -2.48. The van der Waals surface area contributed by atoms with Gasteiger partial charge in [-0.2, -0.15) is 0 Å². The van der Waals surface area contributed by atoms with Crippen LogP contribution < -0.4 is 0 Å². The molecular weight excluding hydrogens is 931 g/mol. The van der Waals surface area contributed by atoms with Gasteiger partial charge in [-0.15, -0.1) is 0 Å². The highest BCUT2D eigenvalue weighted by molar-refractivity contribution is 6.00. The van der Waals surface area contributed by atoms with Crippen LogP contribution in [0.3, 0.4) is 0 Å². The summed E-state index contributed by atoms with van der Waals surface area (Å²) in [6.45, 7) is 54.4. The maximum Gasteiger partial charge on any atom is 0.303 e. The van der Waals surface area contributed by atoms with Gasteiger partial charge in [-0.3, -0.25) is 9.59 Å². The molecule has 0 saturated carbocycles. The molecule has 76 heavy (non-hydrogen) atoms. The fraction of sp³-hybridized carbons (Fsp3) is 0.571. The standard InChI is InChI=1S/2C23H29N.C5H11NO.C3H6O2.8C2H6/c2*1-22(2,23(3,4)24(5)6)21-19-15-11-10-14-18(19)16-20(21)17-12-8-7-9-13-17;1-4-5(7)6(2)3;1-2-3(4)5;8*1-2/h2*7-15H,16H2,1-6H3;4H2,1-3H3;2H2,1H3,(H,4,5);8*1-2H3. The molecule has 436 valence electrons. The summed E-state index contributed by atoms with van der Waals surface area (Å²) < 4.78 is 0. The maximum atomic E-state index is 10.4. The fourth-order valence-electron chi connectivity index (χ4n) is 7.96. The van der Waals surface area contributed by atoms with Gasteiger partial charge < -0.3 is 19.8 Å². The molecule has 0 bridgehead atoms. The summed E-state index contributed by atoms with van der Waals surface area (Å²) in [5.41, 5.74) is 14.6. The summed E-state index contributed by atoms with van der Waals surface area (Å²) in [5.74, 6) is -0.565. The van der Waals surface area contributed by atoms with Crippen molar-refractivity contribution in [2.45, 2.75) is 217 Å². The van der Waals surface area contributed by atoms with Crippen LogP contribution in [-0.2, 0) is 22.4 Å². The highest BCUT2D eigenvalue weighted by Crippen LogP contribution is 2.54. The molecule has 0 saturated heterocycles. The lowest BCUT2D eigenvalue weighted by atomic mass is 9.66. The number of rotatable bonds is 10. The Kier molecular flexibility index (Phi) is 49.2. The van der Waals surface area contributed by atoms with Crippen LogP contribution in [0.25, 0.3) is 22.3 Å². The van der Waals surface area contributed by atoms with Crippen molar-refractivity contribution < 1.29 is 14.7 Å². The molecule has 6 nitrogen and oxygen atoms in total. The van der Waals surface area contributed by atoms with Gasteiger partial charge in [-0.1, -0.05) is 262 Å². The van der Waals surface area contributed by atoms with Crippen molar-refractivity contribution in [1.29, 1.82) is 0 Å². The summed E-state index contributed by atoms with van der Waals surface area (Å²) in [5, 5.41) is 7.72. The Morgan fingerprint density at radius 2 is 0.645 bits per heavy atom. The molecule has 6 rings (SSSR count). The number of carboxylic acid groups (broad SMARTS) is 1. The van der Waals surface area contributed by atoms with Crippen molar-refractivity contribution in [1.82, 2.24) is 14.7 Å². The summed E-state index contributed by atoms with van der Waals surface area (Å²) in [7, 11) is 12.3. The second kappa shape index (κ2) is 45.3. The van der Waals surface area contributed by atoms with Crippen LogP contribution in [0.2, 0.25) is 0 Å². The number of benzene rings is 4. The highest BCUT2D eigenvalue weighted by atomic mass is 16.4. The summed E-state index contributed by atoms with van der Waals surface area (Å²) in [6, 6.07) is 39.6. The van der Waals surface area contributed by atoms with Crippen LogP contribution in [0.4, 0.5) is 0 Å². The largest absolute Gasteiger partial charge is 0.481 e. The molecule has 4 aromatic rings. The molecule has 6 heteroatoms. The smallest absolute Gasteiger partial charge is 0.303 e. The average molecular weight is 1050 g/mol. The quantitative estimate of drug-likeness (QED) is 0.171. The van der Waals surface area contributed by atoms with Gasteiger partial charge in [-0.25, -0.2) is 0 Å². The normalized spacial score (nSPS) is 11.4. The Morgan fingerprint density at radius 1 is 0.408 bits per heavy atom. The molecule has 2 aliphatic carbocycles. The topological polar surface area (TPSA) is 64.1 Å². The summed E-state index contributed by atoms with van der Waals surface area (Å²) >= 11 is 0. The van der Waals surface area contributed by atoms with E-state index in [1.54, 1.807) is 25.9 Å². The Bertz CT molecular complexity index is 1970. The molecule has 1 amide bonds. The zero-order valence-electron chi connectivity index (χ0n) is 55.8. The second-order valence-electron chi connectivity index (χ2n) is 18.7. The Morgan fingerprint density at radius 3 is 0.842 bits per heavy atom. The van der Waals surface area contributed by atoms with Crippen LogP contribution >= 0.6 is 0 Å². The van der Waals surface area contributed by atoms with E-state index in [1.807, 2.05) is 118 Å². The molecule has 2 aliphatic rings. The third-order valence-corrected chi connectivity index (χ3v) is 13.8. The van der Waals surface area contributed by atoms with Crippen molar-refractivity contribution in [2.24, 2.45) is 10.8 Å². The summed E-state index contributed by atoms with van der Waals surface area (Å²) in [6.07, 6.45) is 2.89. The zero-order chi connectivity index (χ0) is 61.2. The Balaban J connectivity index is -0.000000219. The van der Waals surface area contributed by atoms with Crippen LogP contribution in [0.15, 0.2) is 109 Å². The first kappa shape index (κ1) is 82.6.